The third-order valence-electron chi connectivity index (χ3n) is 2.30. The molecule has 1 nitrogen and oxygen atoms in total. The van der Waals surface area contributed by atoms with Gasteiger partial charge in [-0.05, 0) is 30.2 Å². The monoisotopic (exact) mass is 337 g/mol. The second kappa shape index (κ2) is 7.47. The number of unbranched alkanes of at least 4 members (excludes halogenated alkanes) is 1. The Balaban J connectivity index is 2.45. The van der Waals surface area contributed by atoms with Gasteiger partial charge in [0.25, 0.3) is 0 Å². The smallest absolute Gasteiger partial charge is 0.0449 e. The van der Waals surface area contributed by atoms with E-state index in [0.717, 1.165) is 22.5 Å². The van der Waals surface area contributed by atoms with Crippen LogP contribution in [0.3, 0.4) is 0 Å². The average Bonchev–Trinajstić information content (AvgIpc) is 2.25. The molecule has 0 bridgehead atoms. The Morgan fingerprint density at radius 3 is 2.80 bits per heavy atom. The molecule has 0 aliphatic carbocycles. The molecule has 3 heteroatoms. The maximum atomic E-state index is 6.14. The number of hydrogen-bond acceptors (Lipinski definition) is 1. The molecule has 0 unspecified atom stereocenters. The Morgan fingerprint density at radius 1 is 1.40 bits per heavy atom. The highest BCUT2D eigenvalue weighted by Crippen LogP contribution is 2.20. The number of rotatable bonds is 6. The van der Waals surface area contributed by atoms with Gasteiger partial charge in [-0.25, -0.2) is 0 Å². The number of nitrogens with one attached hydrogen (secondary N) is 1. The zero-order valence-corrected chi connectivity index (χ0v) is 11.9. The van der Waals surface area contributed by atoms with Crippen LogP contribution in [0.5, 0.6) is 0 Å². The number of halogens is 2. The van der Waals surface area contributed by atoms with Gasteiger partial charge in [-0.15, -0.1) is 0 Å². The van der Waals surface area contributed by atoms with Crippen molar-refractivity contribution in [3.05, 3.63) is 34.3 Å². The highest BCUT2D eigenvalue weighted by Gasteiger charge is 2.00. The van der Waals surface area contributed by atoms with E-state index in [-0.39, 0.29) is 0 Å². The minimum atomic E-state index is 0.888. The molecule has 0 aliphatic rings. The summed E-state index contributed by atoms with van der Waals surface area (Å²) in [6.45, 7) is 4.21. The second-order valence-electron chi connectivity index (χ2n) is 3.59. The minimum absolute atomic E-state index is 0.888. The number of alkyl halides is 1. The van der Waals surface area contributed by atoms with Gasteiger partial charge in [-0.3, -0.25) is 0 Å². The highest BCUT2D eigenvalue weighted by atomic mass is 127. The van der Waals surface area contributed by atoms with Gasteiger partial charge in [0.15, 0.2) is 0 Å². The van der Waals surface area contributed by atoms with Crippen LogP contribution >= 0.6 is 34.2 Å². The van der Waals surface area contributed by atoms with Gasteiger partial charge in [0, 0.05) is 16.0 Å². The fourth-order valence-corrected chi connectivity index (χ4v) is 2.50. The Morgan fingerprint density at radius 2 is 2.20 bits per heavy atom. The van der Waals surface area contributed by atoms with Gasteiger partial charge in [0.1, 0.15) is 0 Å². The normalized spacial score (nSPS) is 10.6. The van der Waals surface area contributed by atoms with Crippen LogP contribution in [-0.4, -0.2) is 6.54 Å². The molecular formula is C12H17ClIN. The molecule has 15 heavy (non-hydrogen) atoms. The predicted molar refractivity (Wildman–Crippen MR) is 75.8 cm³/mol. The van der Waals surface area contributed by atoms with Crippen LogP contribution in [0.25, 0.3) is 0 Å². The Kier molecular flexibility index (Phi) is 6.61. The molecular weight excluding hydrogens is 320 g/mol. The molecule has 1 rings (SSSR count). The molecule has 0 radical (unpaired) electrons. The van der Waals surface area contributed by atoms with Crippen molar-refractivity contribution in [2.75, 3.05) is 6.54 Å². The van der Waals surface area contributed by atoms with Crippen molar-refractivity contribution in [2.45, 2.75) is 30.7 Å². The summed E-state index contributed by atoms with van der Waals surface area (Å²) in [6.07, 6.45) is 2.47. The van der Waals surface area contributed by atoms with Crippen LogP contribution < -0.4 is 5.32 Å². The number of hydrogen-bond donors (Lipinski definition) is 1. The maximum Gasteiger partial charge on any atom is 0.0449 e. The van der Waals surface area contributed by atoms with Crippen LogP contribution in [0.4, 0.5) is 0 Å². The van der Waals surface area contributed by atoms with Crippen LogP contribution in [0.15, 0.2) is 18.2 Å². The van der Waals surface area contributed by atoms with Crippen molar-refractivity contribution in [1.29, 1.82) is 0 Å². The van der Waals surface area contributed by atoms with E-state index in [0.29, 0.717) is 0 Å². The van der Waals surface area contributed by atoms with Crippen molar-refractivity contribution < 1.29 is 0 Å². The molecule has 1 aromatic rings. The van der Waals surface area contributed by atoms with E-state index in [9.17, 15) is 0 Å². The molecule has 0 atom stereocenters. The van der Waals surface area contributed by atoms with Gasteiger partial charge < -0.3 is 5.32 Å². The lowest BCUT2D eigenvalue weighted by atomic mass is 10.1. The van der Waals surface area contributed by atoms with E-state index in [1.54, 1.807) is 0 Å². The average molecular weight is 338 g/mol. The fourth-order valence-electron chi connectivity index (χ4n) is 1.34. The van der Waals surface area contributed by atoms with Crippen LogP contribution in [0.2, 0.25) is 5.02 Å². The van der Waals surface area contributed by atoms with E-state index < -0.39 is 0 Å². The largest absolute Gasteiger partial charge is 0.313 e. The standard InChI is InChI=1S/C12H17ClIN/c1-2-3-6-15-9-10-4-5-11(8-14)12(13)7-10/h4-5,7,15H,2-3,6,8-9H2,1H3. The van der Waals surface area contributed by atoms with Crippen molar-refractivity contribution in [3.8, 4) is 0 Å². The summed E-state index contributed by atoms with van der Waals surface area (Å²) in [5, 5.41) is 4.29. The molecule has 0 aromatic heterocycles. The van der Waals surface area contributed by atoms with Gasteiger partial charge in [0.05, 0.1) is 0 Å². The minimum Gasteiger partial charge on any atom is -0.313 e. The topological polar surface area (TPSA) is 12.0 Å². The first-order chi connectivity index (χ1) is 7.27. The first-order valence-electron chi connectivity index (χ1n) is 5.32. The van der Waals surface area contributed by atoms with Crippen molar-refractivity contribution in [3.63, 3.8) is 0 Å². The molecule has 0 fully saturated rings. The third-order valence-corrected chi connectivity index (χ3v) is 3.47. The van der Waals surface area contributed by atoms with Crippen molar-refractivity contribution >= 4 is 34.2 Å². The van der Waals surface area contributed by atoms with Crippen molar-refractivity contribution in [1.82, 2.24) is 5.32 Å². The SMILES string of the molecule is CCCCNCc1ccc(CI)c(Cl)c1. The van der Waals surface area contributed by atoms with E-state index in [4.69, 9.17) is 11.6 Å². The Hall–Kier alpha value is 0.200. The third kappa shape index (κ3) is 4.70. The van der Waals surface area contributed by atoms with Gasteiger partial charge in [0.2, 0.25) is 0 Å². The molecule has 0 saturated heterocycles. The lowest BCUT2D eigenvalue weighted by Crippen LogP contribution is -2.14. The molecule has 0 spiro atoms. The molecule has 1 N–H and O–H groups in total. The summed E-state index contributed by atoms with van der Waals surface area (Å²) >= 11 is 8.47. The highest BCUT2D eigenvalue weighted by molar-refractivity contribution is 14.1. The molecule has 0 amide bonds. The molecule has 0 heterocycles. The van der Waals surface area contributed by atoms with Gasteiger partial charge >= 0.3 is 0 Å². The van der Waals surface area contributed by atoms with Crippen LogP contribution in [0.1, 0.15) is 30.9 Å². The van der Waals surface area contributed by atoms with E-state index in [1.807, 2.05) is 0 Å². The molecule has 84 valence electrons. The summed E-state index contributed by atoms with van der Waals surface area (Å²) in [5.41, 5.74) is 2.49. The fraction of sp³-hybridized carbons (Fsp3) is 0.500. The predicted octanol–water partition coefficient (Wildman–Crippen LogP) is 4.16. The summed E-state index contributed by atoms with van der Waals surface area (Å²) in [4.78, 5) is 0. The van der Waals surface area contributed by atoms with Gasteiger partial charge in [-0.2, -0.15) is 0 Å². The molecule has 1 aromatic carbocycles. The zero-order chi connectivity index (χ0) is 11.1. The first kappa shape index (κ1) is 13.3. The summed E-state index contributed by atoms with van der Waals surface area (Å²) in [5.74, 6) is 0. The van der Waals surface area contributed by atoms with E-state index in [1.165, 1.54) is 24.0 Å². The quantitative estimate of drug-likeness (QED) is 0.467. The first-order valence-corrected chi connectivity index (χ1v) is 7.22. The van der Waals surface area contributed by atoms with Crippen molar-refractivity contribution in [2.24, 2.45) is 0 Å². The van der Waals surface area contributed by atoms with Crippen LogP contribution in [-0.2, 0) is 11.0 Å². The summed E-state index contributed by atoms with van der Waals surface area (Å²) in [7, 11) is 0. The van der Waals surface area contributed by atoms with Crippen LogP contribution in [0, 0.1) is 0 Å². The Labute approximate surface area is 111 Å². The zero-order valence-electron chi connectivity index (χ0n) is 9.02. The maximum absolute atomic E-state index is 6.14. The van der Waals surface area contributed by atoms with E-state index in [2.05, 4.69) is 53.0 Å². The second-order valence-corrected chi connectivity index (χ2v) is 4.76. The Bertz CT molecular complexity index is 302. The lowest BCUT2D eigenvalue weighted by Gasteiger charge is -2.06. The molecule has 0 aliphatic heterocycles. The van der Waals surface area contributed by atoms with Gasteiger partial charge in [-0.1, -0.05) is 59.7 Å². The van der Waals surface area contributed by atoms with E-state index >= 15 is 0 Å². The molecule has 0 saturated carbocycles. The summed E-state index contributed by atoms with van der Waals surface area (Å²) in [6, 6.07) is 6.33. The lowest BCUT2D eigenvalue weighted by molar-refractivity contribution is 0.641. The summed E-state index contributed by atoms with van der Waals surface area (Å²) < 4.78 is 0.972. The number of benzene rings is 1.